The zero-order valence-corrected chi connectivity index (χ0v) is 16.0. The third-order valence-electron chi connectivity index (χ3n) is 3.19. The predicted octanol–water partition coefficient (Wildman–Crippen LogP) is 4.07. The molecule has 2 N–H and O–H groups in total. The number of halogens is 1. The lowest BCUT2D eigenvalue weighted by Crippen LogP contribution is -2.41. The topological polar surface area (TPSA) is 58.2 Å². The van der Waals surface area contributed by atoms with Gasteiger partial charge < -0.3 is 0 Å². The van der Waals surface area contributed by atoms with Gasteiger partial charge in [0, 0.05) is 17.1 Å². The molecule has 7 heteroatoms. The summed E-state index contributed by atoms with van der Waals surface area (Å²) < 4.78 is 0.874. The molecule has 2 aromatic rings. The minimum Gasteiger partial charge on any atom is -0.273 e. The van der Waals surface area contributed by atoms with Gasteiger partial charge >= 0.3 is 0 Å². The number of thiophene rings is 1. The average molecular weight is 413 g/mol. The second-order valence-corrected chi connectivity index (χ2v) is 8.58. The van der Waals surface area contributed by atoms with Crippen LogP contribution in [0.5, 0.6) is 0 Å². The summed E-state index contributed by atoms with van der Waals surface area (Å²) in [6.07, 6.45) is 0.339. The van der Waals surface area contributed by atoms with Gasteiger partial charge in [0.15, 0.2) is 0 Å². The maximum atomic E-state index is 11.8. The normalized spacial score (nSPS) is 10.4. The van der Waals surface area contributed by atoms with Crippen molar-refractivity contribution in [1.29, 1.82) is 0 Å². The maximum absolute atomic E-state index is 11.8. The number of aryl methyl sites for hydroxylation is 2. The zero-order chi connectivity index (χ0) is 16.8. The van der Waals surface area contributed by atoms with Crippen molar-refractivity contribution >= 4 is 50.8 Å². The van der Waals surface area contributed by atoms with Crippen molar-refractivity contribution in [1.82, 2.24) is 10.9 Å². The van der Waals surface area contributed by atoms with Gasteiger partial charge in [0.05, 0.1) is 8.66 Å². The Bertz CT molecular complexity index is 716. The van der Waals surface area contributed by atoms with E-state index in [1.54, 1.807) is 23.9 Å². The highest BCUT2D eigenvalue weighted by Gasteiger charge is 2.09. The molecule has 0 fully saturated rings. The van der Waals surface area contributed by atoms with E-state index in [4.69, 9.17) is 0 Å². The van der Waals surface area contributed by atoms with Crippen LogP contribution in [0.15, 0.2) is 39.0 Å². The van der Waals surface area contributed by atoms with Gasteiger partial charge in [-0.15, -0.1) is 23.1 Å². The molecule has 23 heavy (non-hydrogen) atoms. The molecule has 122 valence electrons. The molecule has 0 aliphatic rings. The highest BCUT2D eigenvalue weighted by molar-refractivity contribution is 9.11. The summed E-state index contributed by atoms with van der Waals surface area (Å²) >= 11 is 6.24. The second-order valence-electron chi connectivity index (χ2n) is 4.95. The quantitative estimate of drug-likeness (QED) is 0.574. The highest BCUT2D eigenvalue weighted by Crippen LogP contribution is 2.22. The number of hydrogen-bond acceptors (Lipinski definition) is 4. The van der Waals surface area contributed by atoms with E-state index in [2.05, 4.69) is 58.8 Å². The van der Waals surface area contributed by atoms with Crippen LogP contribution in [0.4, 0.5) is 0 Å². The number of rotatable bonds is 5. The molecule has 0 aliphatic heterocycles. The van der Waals surface area contributed by atoms with Crippen molar-refractivity contribution in [2.45, 2.75) is 25.2 Å². The first-order valence-electron chi connectivity index (χ1n) is 7.00. The van der Waals surface area contributed by atoms with E-state index in [0.29, 0.717) is 17.1 Å². The monoisotopic (exact) mass is 412 g/mol. The maximum Gasteiger partial charge on any atom is 0.279 e. The van der Waals surface area contributed by atoms with Crippen LogP contribution in [0.1, 0.15) is 27.2 Å². The molecular formula is C16H17BrN2O2S2. The Labute approximate surface area is 152 Å². The van der Waals surface area contributed by atoms with Gasteiger partial charge in [-0.2, -0.15) is 0 Å². The number of benzene rings is 1. The van der Waals surface area contributed by atoms with Crippen LogP contribution in [0.3, 0.4) is 0 Å². The first kappa shape index (κ1) is 18.0. The number of carbonyl (C=O) groups is 2. The van der Waals surface area contributed by atoms with E-state index < -0.39 is 0 Å². The van der Waals surface area contributed by atoms with E-state index in [1.807, 2.05) is 0 Å². The molecule has 0 radical (unpaired) electrons. The van der Waals surface area contributed by atoms with Gasteiger partial charge in [0.1, 0.15) is 0 Å². The fourth-order valence-electron chi connectivity index (χ4n) is 1.75. The minimum absolute atomic E-state index is 0.203. The fourth-order valence-corrected chi connectivity index (χ4v) is 3.98. The molecule has 0 atom stereocenters. The van der Waals surface area contributed by atoms with Crippen molar-refractivity contribution in [2.24, 2.45) is 0 Å². The van der Waals surface area contributed by atoms with Crippen molar-refractivity contribution in [2.75, 3.05) is 5.75 Å². The molecule has 0 saturated heterocycles. The van der Waals surface area contributed by atoms with Gasteiger partial charge in [-0.25, -0.2) is 0 Å². The van der Waals surface area contributed by atoms with Gasteiger partial charge in [-0.05, 0) is 65.2 Å². The summed E-state index contributed by atoms with van der Waals surface area (Å²) in [5, 5.41) is 0. The summed E-state index contributed by atoms with van der Waals surface area (Å²) in [5.41, 5.74) is 7.36. The Morgan fingerprint density at radius 3 is 2.57 bits per heavy atom. The van der Waals surface area contributed by atoms with E-state index in [0.717, 1.165) is 8.68 Å². The number of hydrazine groups is 1. The summed E-state index contributed by atoms with van der Waals surface area (Å²) in [7, 11) is 0. The van der Waals surface area contributed by atoms with Gasteiger partial charge in [0.2, 0.25) is 5.91 Å². The molecular weight excluding hydrogens is 396 g/mol. The Morgan fingerprint density at radius 1 is 1.13 bits per heavy atom. The lowest BCUT2D eigenvalue weighted by Gasteiger charge is -2.07. The van der Waals surface area contributed by atoms with Crippen LogP contribution in [-0.2, 0) is 4.79 Å². The van der Waals surface area contributed by atoms with E-state index >= 15 is 0 Å². The zero-order valence-electron chi connectivity index (χ0n) is 12.8. The van der Waals surface area contributed by atoms with E-state index in [9.17, 15) is 9.59 Å². The van der Waals surface area contributed by atoms with Crippen LogP contribution < -0.4 is 10.9 Å². The molecule has 0 saturated carbocycles. The minimum atomic E-state index is -0.309. The predicted molar refractivity (Wildman–Crippen MR) is 98.9 cm³/mol. The molecule has 2 rings (SSSR count). The van der Waals surface area contributed by atoms with Crippen LogP contribution in [0, 0.1) is 13.8 Å². The molecule has 2 amide bonds. The van der Waals surface area contributed by atoms with E-state index in [1.165, 1.54) is 22.5 Å². The highest BCUT2D eigenvalue weighted by atomic mass is 79.9. The van der Waals surface area contributed by atoms with Crippen molar-refractivity contribution in [3.8, 4) is 0 Å². The molecule has 1 aromatic carbocycles. The van der Waals surface area contributed by atoms with E-state index in [-0.39, 0.29) is 11.8 Å². The summed E-state index contributed by atoms with van der Waals surface area (Å²) in [6.45, 7) is 4.15. The van der Waals surface area contributed by atoms with Gasteiger partial charge in [-0.1, -0.05) is 6.07 Å². The van der Waals surface area contributed by atoms with Gasteiger partial charge in [-0.3, -0.25) is 20.4 Å². The average Bonchev–Trinajstić information content (AvgIpc) is 2.95. The molecule has 0 unspecified atom stereocenters. The first-order chi connectivity index (χ1) is 11.0. The van der Waals surface area contributed by atoms with Crippen LogP contribution in [0.2, 0.25) is 0 Å². The van der Waals surface area contributed by atoms with Crippen LogP contribution in [0.25, 0.3) is 0 Å². The lowest BCUT2D eigenvalue weighted by atomic mass is 10.1. The Balaban J connectivity index is 1.70. The summed E-state index contributed by atoms with van der Waals surface area (Å²) in [4.78, 5) is 25.2. The molecule has 1 heterocycles. The summed E-state index contributed by atoms with van der Waals surface area (Å²) in [6, 6.07) is 9.75. The number of carbonyl (C=O) groups excluding carboxylic acids is 2. The molecule has 0 bridgehead atoms. The molecule has 0 spiro atoms. The molecule has 4 nitrogen and oxygen atoms in total. The van der Waals surface area contributed by atoms with Crippen molar-refractivity contribution in [3.05, 3.63) is 50.1 Å². The Hall–Kier alpha value is -1.31. The number of amides is 2. The molecule has 1 aromatic heterocycles. The van der Waals surface area contributed by atoms with Crippen molar-refractivity contribution < 1.29 is 9.59 Å². The third-order valence-corrected chi connectivity index (χ3v) is 5.81. The van der Waals surface area contributed by atoms with Crippen molar-refractivity contribution in [3.63, 3.8) is 0 Å². The van der Waals surface area contributed by atoms with Crippen LogP contribution in [-0.4, -0.2) is 17.6 Å². The number of hydrogen-bond donors (Lipinski definition) is 2. The number of nitrogens with one attached hydrogen (secondary N) is 2. The smallest absolute Gasteiger partial charge is 0.273 e. The fraction of sp³-hybridized carbons (Fsp3) is 0.250. The SMILES string of the molecule is Cc1ccc(SCCC(=O)NNC(=O)c2ccc(Br)s2)cc1C. The molecule has 0 aliphatic carbocycles. The Kier molecular flexibility index (Phi) is 6.68. The lowest BCUT2D eigenvalue weighted by molar-refractivity contribution is -0.121. The standard InChI is InChI=1S/C16H17BrN2O2S2/c1-10-3-4-12(9-11(10)2)22-8-7-15(20)18-19-16(21)13-5-6-14(17)23-13/h3-6,9H,7-8H2,1-2H3,(H,18,20)(H,19,21). The Morgan fingerprint density at radius 2 is 1.91 bits per heavy atom. The number of thioether (sulfide) groups is 1. The third kappa shape index (κ3) is 5.67. The second kappa shape index (κ2) is 8.52. The largest absolute Gasteiger partial charge is 0.279 e. The van der Waals surface area contributed by atoms with Gasteiger partial charge in [0.25, 0.3) is 5.91 Å². The first-order valence-corrected chi connectivity index (χ1v) is 9.60. The summed E-state index contributed by atoms with van der Waals surface area (Å²) in [5.74, 6) is 0.149. The van der Waals surface area contributed by atoms with Crippen LogP contribution >= 0.6 is 39.0 Å².